The van der Waals surface area contributed by atoms with E-state index in [0.29, 0.717) is 34.3 Å². The van der Waals surface area contributed by atoms with Crippen LogP contribution in [-0.4, -0.2) is 31.9 Å². The molecule has 32 heavy (non-hydrogen) atoms. The van der Waals surface area contributed by atoms with Gasteiger partial charge in [-0.1, -0.05) is 54.1 Å². The highest BCUT2D eigenvalue weighted by atomic mass is 35.5. The van der Waals surface area contributed by atoms with E-state index >= 15 is 0 Å². The summed E-state index contributed by atoms with van der Waals surface area (Å²) < 4.78 is 15.9. The molecule has 166 valence electrons. The number of carbonyl (C=O) groups excluding carboxylic acids is 1. The third kappa shape index (κ3) is 5.13. The van der Waals surface area contributed by atoms with E-state index in [9.17, 15) is 9.90 Å². The SMILES string of the molecule is CCOC(=O)/C=C/c1ccccc1-c1ccc(Cl)cc1C(O)c1cccc(OC)c1OC. The molecule has 0 amide bonds. The quantitative estimate of drug-likeness (QED) is 0.351. The van der Waals surface area contributed by atoms with E-state index in [1.54, 1.807) is 50.4 Å². The minimum Gasteiger partial charge on any atom is -0.493 e. The fourth-order valence-corrected chi connectivity index (χ4v) is 3.72. The second kappa shape index (κ2) is 10.8. The highest BCUT2D eigenvalue weighted by Gasteiger charge is 2.22. The number of carbonyl (C=O) groups is 1. The number of aliphatic hydroxyl groups excluding tert-OH is 1. The Morgan fingerprint density at radius 2 is 1.78 bits per heavy atom. The van der Waals surface area contributed by atoms with Crippen molar-refractivity contribution in [2.24, 2.45) is 0 Å². The van der Waals surface area contributed by atoms with Gasteiger partial charge in [0.05, 0.1) is 20.8 Å². The Labute approximate surface area is 192 Å². The number of hydrogen-bond donors (Lipinski definition) is 1. The van der Waals surface area contributed by atoms with Crippen LogP contribution in [0, 0.1) is 0 Å². The number of ether oxygens (including phenoxy) is 3. The first-order chi connectivity index (χ1) is 15.5. The lowest BCUT2D eigenvalue weighted by atomic mass is 9.90. The Morgan fingerprint density at radius 1 is 1.00 bits per heavy atom. The van der Waals surface area contributed by atoms with Gasteiger partial charge in [0.15, 0.2) is 11.5 Å². The molecule has 0 aliphatic carbocycles. The van der Waals surface area contributed by atoms with Crippen LogP contribution in [0.5, 0.6) is 11.5 Å². The molecule has 0 saturated heterocycles. The van der Waals surface area contributed by atoms with E-state index in [4.69, 9.17) is 25.8 Å². The number of para-hydroxylation sites is 1. The average molecular weight is 453 g/mol. The predicted molar refractivity (Wildman–Crippen MR) is 126 cm³/mol. The number of esters is 1. The first-order valence-electron chi connectivity index (χ1n) is 10.1. The molecule has 0 aliphatic heterocycles. The van der Waals surface area contributed by atoms with Gasteiger partial charge in [-0.15, -0.1) is 0 Å². The van der Waals surface area contributed by atoms with Gasteiger partial charge in [0.1, 0.15) is 6.10 Å². The van der Waals surface area contributed by atoms with Crippen molar-refractivity contribution in [1.82, 2.24) is 0 Å². The largest absolute Gasteiger partial charge is 0.493 e. The molecule has 0 aromatic heterocycles. The molecular formula is C26H25ClO5. The Morgan fingerprint density at radius 3 is 2.50 bits per heavy atom. The highest BCUT2D eigenvalue weighted by Crippen LogP contribution is 2.41. The van der Waals surface area contributed by atoms with Gasteiger partial charge < -0.3 is 19.3 Å². The van der Waals surface area contributed by atoms with Gasteiger partial charge >= 0.3 is 5.97 Å². The summed E-state index contributed by atoms with van der Waals surface area (Å²) in [6.07, 6.45) is 2.06. The Bertz CT molecular complexity index is 1120. The van der Waals surface area contributed by atoms with Crippen molar-refractivity contribution in [3.05, 3.63) is 88.5 Å². The third-order valence-corrected chi connectivity index (χ3v) is 5.21. The molecule has 3 rings (SSSR count). The molecule has 1 atom stereocenters. The lowest BCUT2D eigenvalue weighted by Crippen LogP contribution is -2.06. The number of aliphatic hydroxyl groups is 1. The predicted octanol–water partition coefficient (Wildman–Crippen LogP) is 5.68. The van der Waals surface area contributed by atoms with Crippen LogP contribution < -0.4 is 9.47 Å². The van der Waals surface area contributed by atoms with Crippen LogP contribution in [-0.2, 0) is 9.53 Å². The van der Waals surface area contributed by atoms with E-state index in [2.05, 4.69) is 0 Å². The van der Waals surface area contributed by atoms with Crippen LogP contribution in [0.2, 0.25) is 5.02 Å². The molecule has 1 unspecified atom stereocenters. The second-order valence-corrected chi connectivity index (χ2v) is 7.33. The summed E-state index contributed by atoms with van der Waals surface area (Å²) in [4.78, 5) is 11.8. The summed E-state index contributed by atoms with van der Waals surface area (Å²) in [7, 11) is 3.08. The zero-order chi connectivity index (χ0) is 23.1. The lowest BCUT2D eigenvalue weighted by Gasteiger charge is -2.21. The molecule has 3 aromatic rings. The Balaban J connectivity index is 2.13. The summed E-state index contributed by atoms with van der Waals surface area (Å²) in [6.45, 7) is 2.06. The molecule has 6 heteroatoms. The molecule has 0 aliphatic rings. The van der Waals surface area contributed by atoms with Crippen molar-refractivity contribution in [1.29, 1.82) is 0 Å². The molecule has 0 saturated carbocycles. The third-order valence-electron chi connectivity index (χ3n) is 4.97. The van der Waals surface area contributed by atoms with Crippen LogP contribution in [0.4, 0.5) is 0 Å². The molecule has 0 heterocycles. The lowest BCUT2D eigenvalue weighted by molar-refractivity contribution is -0.137. The van der Waals surface area contributed by atoms with Crippen LogP contribution >= 0.6 is 11.6 Å². The molecule has 0 spiro atoms. The summed E-state index contributed by atoms with van der Waals surface area (Å²) in [5.74, 6) is 0.550. The van der Waals surface area contributed by atoms with Crippen molar-refractivity contribution in [3.63, 3.8) is 0 Å². The molecule has 1 N–H and O–H groups in total. The minimum absolute atomic E-state index is 0.306. The van der Waals surface area contributed by atoms with Gasteiger partial charge in [0, 0.05) is 16.7 Å². The molecule has 0 fully saturated rings. The molecule has 0 bridgehead atoms. The van der Waals surface area contributed by atoms with Gasteiger partial charge in [-0.2, -0.15) is 0 Å². The topological polar surface area (TPSA) is 65.0 Å². The van der Waals surface area contributed by atoms with E-state index in [-0.39, 0.29) is 0 Å². The first kappa shape index (κ1) is 23.4. The average Bonchev–Trinajstić information content (AvgIpc) is 2.82. The van der Waals surface area contributed by atoms with E-state index in [1.165, 1.54) is 13.2 Å². The van der Waals surface area contributed by atoms with Crippen LogP contribution in [0.1, 0.15) is 29.7 Å². The zero-order valence-electron chi connectivity index (χ0n) is 18.2. The fourth-order valence-electron chi connectivity index (χ4n) is 3.54. The van der Waals surface area contributed by atoms with Crippen molar-refractivity contribution in [2.45, 2.75) is 13.0 Å². The fraction of sp³-hybridized carbons (Fsp3) is 0.192. The summed E-state index contributed by atoms with van der Waals surface area (Å²) in [5, 5.41) is 11.9. The maximum Gasteiger partial charge on any atom is 0.330 e. The van der Waals surface area contributed by atoms with E-state index < -0.39 is 12.1 Å². The van der Waals surface area contributed by atoms with Crippen LogP contribution in [0.25, 0.3) is 17.2 Å². The van der Waals surface area contributed by atoms with Crippen molar-refractivity contribution in [3.8, 4) is 22.6 Å². The zero-order valence-corrected chi connectivity index (χ0v) is 18.9. The smallest absolute Gasteiger partial charge is 0.330 e. The number of methoxy groups -OCH3 is 2. The van der Waals surface area contributed by atoms with Crippen molar-refractivity contribution in [2.75, 3.05) is 20.8 Å². The summed E-state index contributed by atoms with van der Waals surface area (Å²) >= 11 is 6.30. The summed E-state index contributed by atoms with van der Waals surface area (Å²) in [5.41, 5.74) is 3.56. The Kier molecular flexibility index (Phi) is 7.92. The maximum absolute atomic E-state index is 11.8. The monoisotopic (exact) mass is 452 g/mol. The molecule has 5 nitrogen and oxygen atoms in total. The standard InChI is InChI=1S/C26H25ClO5/c1-4-32-24(28)15-12-17-8-5-6-9-19(17)20-14-13-18(27)16-22(20)25(29)21-10-7-11-23(30-2)26(21)31-3/h5-16,25,29H,4H2,1-3H3/b15-12+. The van der Waals surface area contributed by atoms with E-state index in [1.807, 2.05) is 30.3 Å². The van der Waals surface area contributed by atoms with Crippen molar-refractivity contribution < 1.29 is 24.1 Å². The van der Waals surface area contributed by atoms with Crippen molar-refractivity contribution >= 4 is 23.6 Å². The first-order valence-corrected chi connectivity index (χ1v) is 10.5. The number of hydrogen-bond acceptors (Lipinski definition) is 5. The minimum atomic E-state index is -1.03. The van der Waals surface area contributed by atoms with Gasteiger partial charge in [-0.3, -0.25) is 0 Å². The second-order valence-electron chi connectivity index (χ2n) is 6.89. The van der Waals surface area contributed by atoms with Gasteiger partial charge in [-0.25, -0.2) is 4.79 Å². The summed E-state index contributed by atoms with van der Waals surface area (Å²) in [6, 6.07) is 18.3. The van der Waals surface area contributed by atoms with Gasteiger partial charge in [0.2, 0.25) is 0 Å². The maximum atomic E-state index is 11.8. The highest BCUT2D eigenvalue weighted by molar-refractivity contribution is 6.30. The molecular weight excluding hydrogens is 428 g/mol. The number of benzene rings is 3. The van der Waals surface area contributed by atoms with Gasteiger partial charge in [-0.05, 0) is 53.5 Å². The van der Waals surface area contributed by atoms with Crippen LogP contribution in [0.3, 0.4) is 0 Å². The number of halogens is 1. The number of rotatable bonds is 8. The van der Waals surface area contributed by atoms with Gasteiger partial charge in [0.25, 0.3) is 0 Å². The normalized spacial score (nSPS) is 11.9. The molecule has 3 aromatic carbocycles. The Hall–Kier alpha value is -3.28. The van der Waals surface area contributed by atoms with Crippen LogP contribution in [0.15, 0.2) is 66.7 Å². The molecule has 0 radical (unpaired) electrons. The van der Waals surface area contributed by atoms with E-state index in [0.717, 1.165) is 16.7 Å².